The number of aromatic nitrogens is 2. The smallest absolute Gasteiger partial charge is 0.255 e. The summed E-state index contributed by atoms with van der Waals surface area (Å²) in [6, 6.07) is 19.4. The summed E-state index contributed by atoms with van der Waals surface area (Å²) < 4.78 is 5.77. The minimum Gasteiger partial charge on any atom is -0.493 e. The van der Waals surface area contributed by atoms with Crippen molar-refractivity contribution >= 4 is 28.4 Å². The van der Waals surface area contributed by atoms with Gasteiger partial charge in [-0.3, -0.25) is 4.79 Å². The summed E-state index contributed by atoms with van der Waals surface area (Å²) in [5.41, 5.74) is 5.33. The average Bonchev–Trinajstić information content (AvgIpc) is 3.68. The number of carbonyl (C=O) groups excluding carboxylic acids is 1. The van der Waals surface area contributed by atoms with Crippen LogP contribution in [0.1, 0.15) is 28.8 Å². The number of carbonyl (C=O) groups is 1. The number of nitrogens with zero attached hydrogens (tertiary/aromatic N) is 2. The molecule has 1 heterocycles. The number of anilines is 2. The van der Waals surface area contributed by atoms with Crippen LogP contribution in [-0.2, 0) is 0 Å². The highest BCUT2D eigenvalue weighted by Gasteiger charge is 2.21. The second kappa shape index (κ2) is 8.90. The molecule has 0 saturated heterocycles. The van der Waals surface area contributed by atoms with Gasteiger partial charge in [-0.1, -0.05) is 12.1 Å². The van der Waals surface area contributed by atoms with E-state index in [0.717, 1.165) is 45.6 Å². The summed E-state index contributed by atoms with van der Waals surface area (Å²) in [7, 11) is 1.80. The van der Waals surface area contributed by atoms with E-state index in [-0.39, 0.29) is 5.91 Å². The van der Waals surface area contributed by atoms with Crippen LogP contribution in [0.4, 0.5) is 11.6 Å². The fraction of sp³-hybridized carbons (Fsp3) is 0.222. The predicted octanol–water partition coefficient (Wildman–Crippen LogP) is 5.69. The largest absolute Gasteiger partial charge is 0.493 e. The lowest BCUT2D eigenvalue weighted by Crippen LogP contribution is -2.12. The standard InChI is InChI=1S/C27H26N4O2/c1-17-3-6-20(26(32)30-22-8-10-23(11-9-22)33-16-18-4-5-18)14-24(17)19-7-12-25-21(13-19)15-29-27(28-2)31-25/h3,6-15,18H,4-5,16H2,1-2H3,(H,30,32)(H,28,29,31). The van der Waals surface area contributed by atoms with E-state index < -0.39 is 0 Å². The minimum atomic E-state index is -0.148. The predicted molar refractivity (Wildman–Crippen MR) is 132 cm³/mol. The van der Waals surface area contributed by atoms with E-state index in [1.807, 2.05) is 67.7 Å². The van der Waals surface area contributed by atoms with Crippen molar-refractivity contribution in [3.05, 3.63) is 78.0 Å². The first kappa shape index (κ1) is 20.9. The zero-order valence-electron chi connectivity index (χ0n) is 18.8. The molecule has 1 aliphatic carbocycles. The SMILES string of the molecule is CNc1ncc2cc(-c3cc(C(=O)Nc4ccc(OCC5CC5)cc4)ccc3C)ccc2n1. The molecule has 0 bridgehead atoms. The van der Waals surface area contributed by atoms with Crippen LogP contribution in [0.25, 0.3) is 22.0 Å². The van der Waals surface area contributed by atoms with Gasteiger partial charge in [0.05, 0.1) is 12.1 Å². The molecule has 0 spiro atoms. The average molecular weight is 439 g/mol. The Bertz CT molecular complexity index is 1310. The summed E-state index contributed by atoms with van der Waals surface area (Å²) in [6.45, 7) is 2.82. The topological polar surface area (TPSA) is 76.1 Å². The molecule has 1 saturated carbocycles. The normalized spacial score (nSPS) is 13.0. The Labute approximate surface area is 193 Å². The number of amides is 1. The van der Waals surface area contributed by atoms with Crippen LogP contribution in [-0.4, -0.2) is 29.5 Å². The number of nitrogens with one attached hydrogen (secondary N) is 2. The summed E-state index contributed by atoms with van der Waals surface area (Å²) >= 11 is 0. The van der Waals surface area contributed by atoms with Crippen LogP contribution in [0.15, 0.2) is 66.9 Å². The molecule has 33 heavy (non-hydrogen) atoms. The maximum absolute atomic E-state index is 12.9. The molecule has 0 radical (unpaired) electrons. The van der Waals surface area contributed by atoms with E-state index in [2.05, 4.69) is 26.7 Å². The Morgan fingerprint density at radius 2 is 1.88 bits per heavy atom. The maximum Gasteiger partial charge on any atom is 0.255 e. The van der Waals surface area contributed by atoms with E-state index in [4.69, 9.17) is 4.74 Å². The zero-order valence-corrected chi connectivity index (χ0v) is 18.8. The molecule has 2 N–H and O–H groups in total. The number of ether oxygens (including phenoxy) is 1. The van der Waals surface area contributed by atoms with Gasteiger partial charge in [0.2, 0.25) is 5.95 Å². The lowest BCUT2D eigenvalue weighted by Gasteiger charge is -2.11. The molecule has 4 aromatic rings. The van der Waals surface area contributed by atoms with Crippen LogP contribution in [0.3, 0.4) is 0 Å². The van der Waals surface area contributed by atoms with E-state index in [9.17, 15) is 4.79 Å². The third-order valence-corrected chi connectivity index (χ3v) is 5.91. The second-order valence-electron chi connectivity index (χ2n) is 8.48. The van der Waals surface area contributed by atoms with Gasteiger partial charge in [0.1, 0.15) is 5.75 Å². The van der Waals surface area contributed by atoms with Gasteiger partial charge in [-0.15, -0.1) is 0 Å². The number of hydrogen-bond acceptors (Lipinski definition) is 5. The molecule has 1 aliphatic rings. The van der Waals surface area contributed by atoms with Crippen molar-refractivity contribution in [1.82, 2.24) is 9.97 Å². The van der Waals surface area contributed by atoms with Crippen molar-refractivity contribution in [1.29, 1.82) is 0 Å². The van der Waals surface area contributed by atoms with Gasteiger partial charge < -0.3 is 15.4 Å². The van der Waals surface area contributed by atoms with E-state index in [1.165, 1.54) is 12.8 Å². The van der Waals surface area contributed by atoms with Gasteiger partial charge in [-0.05, 0) is 90.9 Å². The molecule has 5 rings (SSSR count). The number of rotatable bonds is 7. The minimum absolute atomic E-state index is 0.148. The molecule has 6 heteroatoms. The van der Waals surface area contributed by atoms with Crippen LogP contribution in [0, 0.1) is 12.8 Å². The van der Waals surface area contributed by atoms with Gasteiger partial charge >= 0.3 is 0 Å². The summed E-state index contributed by atoms with van der Waals surface area (Å²) in [4.78, 5) is 21.7. The van der Waals surface area contributed by atoms with Crippen LogP contribution in [0.2, 0.25) is 0 Å². The van der Waals surface area contributed by atoms with Crippen molar-refractivity contribution in [3.63, 3.8) is 0 Å². The van der Waals surface area contributed by atoms with Crippen molar-refractivity contribution in [3.8, 4) is 16.9 Å². The highest BCUT2D eigenvalue weighted by Crippen LogP contribution is 2.30. The molecular formula is C27H26N4O2. The number of aryl methyl sites for hydroxylation is 1. The maximum atomic E-state index is 12.9. The summed E-state index contributed by atoms with van der Waals surface area (Å²) in [5, 5.41) is 6.89. The molecule has 6 nitrogen and oxygen atoms in total. The molecule has 0 aliphatic heterocycles. The third-order valence-electron chi connectivity index (χ3n) is 5.91. The lowest BCUT2D eigenvalue weighted by atomic mass is 9.97. The van der Waals surface area contributed by atoms with Crippen LogP contribution in [0.5, 0.6) is 5.75 Å². The van der Waals surface area contributed by atoms with E-state index in [1.54, 1.807) is 7.05 Å². The number of benzene rings is 3. The highest BCUT2D eigenvalue weighted by atomic mass is 16.5. The van der Waals surface area contributed by atoms with Gasteiger partial charge in [-0.25, -0.2) is 9.97 Å². The first-order chi connectivity index (χ1) is 16.1. The molecular weight excluding hydrogens is 412 g/mol. The molecule has 1 amide bonds. The van der Waals surface area contributed by atoms with Crippen molar-refractivity contribution in [2.75, 3.05) is 24.3 Å². The third kappa shape index (κ3) is 4.80. The molecule has 3 aromatic carbocycles. The summed E-state index contributed by atoms with van der Waals surface area (Å²) in [5.74, 6) is 1.99. The molecule has 0 atom stereocenters. The van der Waals surface area contributed by atoms with E-state index >= 15 is 0 Å². The fourth-order valence-corrected chi connectivity index (χ4v) is 3.73. The quantitative estimate of drug-likeness (QED) is 0.388. The molecule has 1 fully saturated rings. The van der Waals surface area contributed by atoms with E-state index in [0.29, 0.717) is 17.4 Å². The monoisotopic (exact) mass is 438 g/mol. The van der Waals surface area contributed by atoms with Crippen LogP contribution < -0.4 is 15.4 Å². The Kier molecular flexibility index (Phi) is 5.65. The first-order valence-electron chi connectivity index (χ1n) is 11.2. The zero-order chi connectivity index (χ0) is 22.8. The second-order valence-corrected chi connectivity index (χ2v) is 8.48. The number of fused-ring (bicyclic) bond motifs is 1. The van der Waals surface area contributed by atoms with Gasteiger partial charge in [-0.2, -0.15) is 0 Å². The Morgan fingerprint density at radius 3 is 2.64 bits per heavy atom. The Balaban J connectivity index is 1.34. The van der Waals surface area contributed by atoms with Gasteiger partial charge in [0, 0.05) is 29.9 Å². The molecule has 0 unspecified atom stereocenters. The summed E-state index contributed by atoms with van der Waals surface area (Å²) in [6.07, 6.45) is 4.33. The Morgan fingerprint density at radius 1 is 1.06 bits per heavy atom. The molecule has 166 valence electrons. The van der Waals surface area contributed by atoms with Gasteiger partial charge in [0.15, 0.2) is 0 Å². The lowest BCUT2D eigenvalue weighted by molar-refractivity contribution is 0.102. The van der Waals surface area contributed by atoms with Crippen LogP contribution >= 0.6 is 0 Å². The molecule has 1 aromatic heterocycles. The van der Waals surface area contributed by atoms with Crippen molar-refractivity contribution in [2.24, 2.45) is 5.92 Å². The Hall–Kier alpha value is -3.93. The number of hydrogen-bond donors (Lipinski definition) is 2. The first-order valence-corrected chi connectivity index (χ1v) is 11.2. The van der Waals surface area contributed by atoms with Gasteiger partial charge in [0.25, 0.3) is 5.91 Å². The van der Waals surface area contributed by atoms with Crippen molar-refractivity contribution in [2.45, 2.75) is 19.8 Å². The fourth-order valence-electron chi connectivity index (χ4n) is 3.73. The van der Waals surface area contributed by atoms with Crippen molar-refractivity contribution < 1.29 is 9.53 Å². The highest BCUT2D eigenvalue weighted by molar-refractivity contribution is 6.05.